The second kappa shape index (κ2) is 21.9. The van der Waals surface area contributed by atoms with Crippen molar-refractivity contribution in [3.8, 4) is 23.0 Å². The maximum Gasteiger partial charge on any atom is 0.338 e. The Morgan fingerprint density at radius 1 is 0.534 bits per heavy atom. The van der Waals surface area contributed by atoms with Crippen molar-refractivity contribution in [2.24, 2.45) is 0 Å². The summed E-state index contributed by atoms with van der Waals surface area (Å²) in [5.74, 6) is 1.38. The molecule has 10 rings (SSSR count). The highest BCUT2D eigenvalue weighted by molar-refractivity contribution is 6.23. The van der Waals surface area contributed by atoms with Gasteiger partial charge in [-0.3, -0.25) is 4.84 Å². The lowest BCUT2D eigenvalue weighted by Gasteiger charge is -2.23. The van der Waals surface area contributed by atoms with Crippen molar-refractivity contribution in [3.63, 3.8) is 0 Å². The van der Waals surface area contributed by atoms with Gasteiger partial charge in [-0.2, -0.15) is 5.06 Å². The molecule has 0 unspecified atom stereocenters. The number of nitrogens with zero attached hydrogens (tertiary/aromatic N) is 1. The van der Waals surface area contributed by atoms with Crippen LogP contribution in [0.25, 0.3) is 32.3 Å². The molecule has 73 heavy (non-hydrogen) atoms. The van der Waals surface area contributed by atoms with Crippen LogP contribution in [0.1, 0.15) is 137 Å². The molecule has 0 radical (unpaired) electrons. The maximum atomic E-state index is 14.6. The number of esters is 1. The van der Waals surface area contributed by atoms with E-state index in [1.165, 1.54) is 37.9 Å². The molecule has 8 aromatic carbocycles. The van der Waals surface area contributed by atoms with Crippen molar-refractivity contribution in [1.82, 2.24) is 5.06 Å². The van der Waals surface area contributed by atoms with E-state index in [4.69, 9.17) is 28.5 Å². The minimum Gasteiger partial charge on any atom is -0.493 e. The molecule has 8 aromatic rings. The van der Waals surface area contributed by atoms with Gasteiger partial charge < -0.3 is 28.8 Å². The Balaban J connectivity index is 1.04. The third-order valence-corrected chi connectivity index (χ3v) is 14.2. The molecule has 376 valence electrons. The zero-order valence-electron chi connectivity index (χ0n) is 42.7. The van der Waals surface area contributed by atoms with Gasteiger partial charge in [-0.1, -0.05) is 119 Å². The molecule has 8 bridgehead atoms. The Labute approximate surface area is 428 Å². The first kappa shape index (κ1) is 49.4. The molecule has 1 N–H and O–H groups in total. The van der Waals surface area contributed by atoms with Gasteiger partial charge in [-0.05, 0) is 132 Å². The summed E-state index contributed by atoms with van der Waals surface area (Å²) in [7, 11) is 1.96. The van der Waals surface area contributed by atoms with Crippen LogP contribution in [-0.4, -0.2) is 68.3 Å². The van der Waals surface area contributed by atoms with Crippen molar-refractivity contribution in [1.29, 1.82) is 0 Å². The number of hydrogen-bond acceptors (Lipinski definition) is 9. The van der Waals surface area contributed by atoms with Crippen molar-refractivity contribution in [2.75, 3.05) is 40.1 Å². The minimum absolute atomic E-state index is 0.0422. The first-order chi connectivity index (χ1) is 35.7. The van der Waals surface area contributed by atoms with E-state index in [9.17, 15) is 14.7 Å². The first-order valence-electron chi connectivity index (χ1n) is 26.2. The van der Waals surface area contributed by atoms with Gasteiger partial charge >= 0.3 is 11.9 Å². The third kappa shape index (κ3) is 10.2. The predicted molar refractivity (Wildman–Crippen MR) is 288 cm³/mol. The first-order valence-corrected chi connectivity index (χ1v) is 26.2. The summed E-state index contributed by atoms with van der Waals surface area (Å²) in [6.07, 6.45) is 4.93. The van der Waals surface area contributed by atoms with Gasteiger partial charge in [0.1, 0.15) is 35.7 Å². The standard InChI is InChI=1S/C63H65NO9/c1-6-25-68-58-42-15-11-17-44(58)31-48-35-51(63(67)72-38-52-37-55(64(5)73-52)53-23-21-41-20-19-39-13-10-14-40-22-24-54(53)57(41)56(39)40)36-49(61(48)71-28-9-4)32-45-18-12-16-43(59(45)69-26-7-2)30-47-34-50(62(65)66)33-46(29-42)60(47)70-27-8-3/h10-24,33-36,52,55H,6-9,25-32,37-38H2,1-5H3,(H,65,66)/t52-,55-/m1/s1. The van der Waals surface area contributed by atoms with Crippen LogP contribution in [0.2, 0.25) is 0 Å². The van der Waals surface area contributed by atoms with E-state index in [-0.39, 0.29) is 24.3 Å². The Kier molecular flexibility index (Phi) is 14.8. The predicted octanol–water partition coefficient (Wildman–Crippen LogP) is 13.6. The fraction of sp³-hybridized carbons (Fsp3) is 0.333. The Bertz CT molecular complexity index is 3180. The van der Waals surface area contributed by atoms with Gasteiger partial charge in [0.2, 0.25) is 0 Å². The van der Waals surface area contributed by atoms with E-state index in [1.807, 2.05) is 48.5 Å². The second-order valence-electron chi connectivity index (χ2n) is 19.6. The molecule has 10 nitrogen and oxygen atoms in total. The highest BCUT2D eigenvalue weighted by Gasteiger charge is 2.35. The summed E-state index contributed by atoms with van der Waals surface area (Å²) in [6, 6.07) is 39.2. The smallest absolute Gasteiger partial charge is 0.338 e. The molecule has 1 aliphatic carbocycles. The van der Waals surface area contributed by atoms with Gasteiger partial charge in [0.15, 0.2) is 0 Å². The van der Waals surface area contributed by atoms with Gasteiger partial charge in [0.05, 0.1) is 43.6 Å². The summed E-state index contributed by atoms with van der Waals surface area (Å²) in [5.41, 5.74) is 8.59. The average molecular weight is 980 g/mol. The summed E-state index contributed by atoms with van der Waals surface area (Å²) < 4.78 is 32.9. The molecule has 0 aromatic heterocycles. The number of hydroxylamine groups is 2. The van der Waals surface area contributed by atoms with Crippen LogP contribution in [0.5, 0.6) is 23.0 Å². The third-order valence-electron chi connectivity index (χ3n) is 14.2. The summed E-state index contributed by atoms with van der Waals surface area (Å²) in [4.78, 5) is 33.9. The van der Waals surface area contributed by atoms with Crippen molar-refractivity contribution in [2.45, 2.75) is 97.6 Å². The van der Waals surface area contributed by atoms with Crippen LogP contribution in [-0.2, 0) is 35.3 Å². The molecule has 1 fully saturated rings. The number of carbonyl (C=O) groups excluding carboxylic acids is 1. The number of rotatable bonds is 17. The van der Waals surface area contributed by atoms with Gasteiger partial charge in [-0.15, -0.1) is 0 Å². The van der Waals surface area contributed by atoms with Crippen LogP contribution < -0.4 is 18.9 Å². The van der Waals surface area contributed by atoms with E-state index < -0.39 is 11.9 Å². The van der Waals surface area contributed by atoms with E-state index in [0.717, 1.165) is 81.7 Å². The van der Waals surface area contributed by atoms with Crippen molar-refractivity contribution in [3.05, 3.63) is 176 Å². The average Bonchev–Trinajstić information content (AvgIpc) is 3.77. The summed E-state index contributed by atoms with van der Waals surface area (Å²) >= 11 is 0. The second-order valence-corrected chi connectivity index (χ2v) is 19.6. The quantitative estimate of drug-likeness (QED) is 0.0699. The lowest BCUT2D eigenvalue weighted by molar-refractivity contribution is -0.153. The Hall–Kier alpha value is -7.14. The number of hydrogen-bond donors (Lipinski definition) is 1. The zero-order chi connectivity index (χ0) is 50.6. The zero-order valence-corrected chi connectivity index (χ0v) is 42.7. The monoisotopic (exact) mass is 979 g/mol. The van der Waals surface area contributed by atoms with Crippen LogP contribution in [0, 0.1) is 0 Å². The molecule has 2 aliphatic rings. The Morgan fingerprint density at radius 3 is 1.41 bits per heavy atom. The molecule has 1 saturated heterocycles. The fourth-order valence-electron chi connectivity index (χ4n) is 11.0. The van der Waals surface area contributed by atoms with Crippen molar-refractivity contribution < 1.29 is 43.2 Å². The van der Waals surface area contributed by atoms with Crippen molar-refractivity contribution >= 4 is 44.3 Å². The topological polar surface area (TPSA) is 113 Å². The van der Waals surface area contributed by atoms with E-state index >= 15 is 0 Å². The SMILES string of the molecule is CCCOc1c2cccc1Cc1cc(C(=O)OC[C@H]3C[C@H](c4ccc5ccc6cccc7ccc4c5c67)N(C)O3)cc(c1OCCC)Cc1cccc(c1OCCC)Cc1cc(C(=O)O)cc(c1OCCC)C2. The van der Waals surface area contributed by atoms with Crippen LogP contribution >= 0.6 is 0 Å². The molecule has 10 heteroatoms. The molecular weight excluding hydrogens is 915 g/mol. The molecular formula is C63H65NO9. The molecule has 2 atom stereocenters. The molecule has 0 saturated carbocycles. The number of fused-ring (bicyclic) bond motifs is 8. The van der Waals surface area contributed by atoms with Gasteiger partial charge in [0, 0.05) is 39.2 Å². The molecule has 1 aliphatic heterocycles. The number of carboxylic acids is 1. The van der Waals surface area contributed by atoms with E-state index in [1.54, 1.807) is 12.1 Å². The van der Waals surface area contributed by atoms with Crippen LogP contribution in [0.3, 0.4) is 0 Å². The minimum atomic E-state index is -1.01. The number of ether oxygens (including phenoxy) is 5. The molecule has 0 amide bonds. The Morgan fingerprint density at radius 2 is 0.945 bits per heavy atom. The lowest BCUT2D eigenvalue weighted by Crippen LogP contribution is -2.21. The summed E-state index contributed by atoms with van der Waals surface area (Å²) in [5, 5.41) is 19.8. The van der Waals surface area contributed by atoms with Gasteiger partial charge in [-0.25, -0.2) is 9.59 Å². The number of aromatic carboxylic acids is 1. The van der Waals surface area contributed by atoms with E-state index in [0.29, 0.717) is 75.6 Å². The van der Waals surface area contributed by atoms with Crippen LogP contribution in [0.4, 0.5) is 0 Å². The fourth-order valence-corrected chi connectivity index (χ4v) is 11.0. The summed E-state index contributed by atoms with van der Waals surface area (Å²) in [6.45, 7) is 10.3. The maximum absolute atomic E-state index is 14.6. The van der Waals surface area contributed by atoms with E-state index in [2.05, 4.69) is 94.4 Å². The highest BCUT2D eigenvalue weighted by Crippen LogP contribution is 2.43. The number of benzene rings is 8. The normalized spacial score (nSPS) is 15.7. The van der Waals surface area contributed by atoms with Gasteiger partial charge in [0.25, 0.3) is 0 Å². The number of carbonyl (C=O) groups is 2. The largest absolute Gasteiger partial charge is 0.493 e. The molecule has 1 heterocycles. The van der Waals surface area contributed by atoms with Crippen LogP contribution in [0.15, 0.2) is 115 Å². The lowest BCUT2D eigenvalue weighted by atomic mass is 9.89. The molecule has 0 spiro atoms. The number of carboxylic acid groups (broad SMARTS) is 1. The highest BCUT2D eigenvalue weighted by atomic mass is 16.7. The number of para-hydroxylation sites is 2.